The van der Waals surface area contributed by atoms with Gasteiger partial charge in [0.25, 0.3) is 0 Å². The largest absolute Gasteiger partial charge is 0.370 e. The highest BCUT2D eigenvalue weighted by Gasteiger charge is 2.19. The molecule has 0 aromatic heterocycles. The minimum atomic E-state index is 0.556. The number of rotatable bonds is 6. The number of aryl methyl sites for hydroxylation is 2. The molecule has 4 heteroatoms. The Bertz CT molecular complexity index is 586. The second-order valence-corrected chi connectivity index (χ2v) is 8.16. The van der Waals surface area contributed by atoms with Crippen molar-refractivity contribution in [2.24, 2.45) is 22.6 Å². The van der Waals surface area contributed by atoms with E-state index in [9.17, 15) is 0 Å². The third kappa shape index (κ3) is 5.46. The lowest BCUT2D eigenvalue weighted by Gasteiger charge is -2.31. The third-order valence-electron chi connectivity index (χ3n) is 5.62. The highest BCUT2D eigenvalue weighted by atomic mass is 15.1. The van der Waals surface area contributed by atoms with Gasteiger partial charge in [0.15, 0.2) is 5.96 Å². The van der Waals surface area contributed by atoms with Gasteiger partial charge < -0.3 is 16.0 Å². The zero-order chi connectivity index (χ0) is 17.6. The Kier molecular flexibility index (Phi) is 6.35. The maximum atomic E-state index is 6.10. The first-order valence-corrected chi connectivity index (χ1v) is 10.0. The molecule has 3 N–H and O–H groups in total. The van der Waals surface area contributed by atoms with Crippen molar-refractivity contribution in [2.75, 3.05) is 31.5 Å². The van der Waals surface area contributed by atoms with Crippen molar-refractivity contribution in [3.63, 3.8) is 0 Å². The predicted molar refractivity (Wildman–Crippen MR) is 107 cm³/mol. The van der Waals surface area contributed by atoms with Crippen LogP contribution in [0.5, 0.6) is 0 Å². The zero-order valence-electron chi connectivity index (χ0n) is 15.9. The summed E-state index contributed by atoms with van der Waals surface area (Å²) >= 11 is 0. The first-order chi connectivity index (χ1) is 12.1. The van der Waals surface area contributed by atoms with Crippen molar-refractivity contribution in [1.82, 2.24) is 4.90 Å². The van der Waals surface area contributed by atoms with E-state index in [0.29, 0.717) is 11.9 Å². The summed E-state index contributed by atoms with van der Waals surface area (Å²) in [5.74, 6) is 2.03. The first kappa shape index (κ1) is 18.2. The molecule has 4 nitrogen and oxygen atoms in total. The number of hydrogen-bond acceptors (Lipinski definition) is 2. The van der Waals surface area contributed by atoms with Gasteiger partial charge in [-0.1, -0.05) is 19.9 Å². The fraction of sp³-hybridized carbons (Fsp3) is 0.667. The molecule has 0 amide bonds. The summed E-state index contributed by atoms with van der Waals surface area (Å²) in [6.45, 7) is 9.13. The highest BCUT2D eigenvalue weighted by Crippen LogP contribution is 2.25. The van der Waals surface area contributed by atoms with E-state index in [1.807, 2.05) is 0 Å². The van der Waals surface area contributed by atoms with Crippen LogP contribution in [0.2, 0.25) is 0 Å². The van der Waals surface area contributed by atoms with Crippen molar-refractivity contribution in [1.29, 1.82) is 0 Å². The molecular weight excluding hydrogens is 308 g/mol. The first-order valence-electron chi connectivity index (χ1n) is 10.0. The van der Waals surface area contributed by atoms with Gasteiger partial charge in [-0.25, -0.2) is 0 Å². The summed E-state index contributed by atoms with van der Waals surface area (Å²) in [5, 5.41) is 3.27. The standard InChI is InChI=1S/C21H34N4/c1-16(2)8-11-25-12-9-17(10-13-25)15-23-21(22)24-20-7-6-18-4-3-5-19(18)14-20/h6-7,14,16-17H,3-5,8-13,15H2,1-2H3,(H3,22,23,24). The number of nitrogens with one attached hydrogen (secondary N) is 1. The summed E-state index contributed by atoms with van der Waals surface area (Å²) in [7, 11) is 0. The minimum Gasteiger partial charge on any atom is -0.370 e. The molecule has 0 atom stereocenters. The molecule has 0 unspecified atom stereocenters. The Morgan fingerprint density at radius 2 is 2.00 bits per heavy atom. The molecule has 0 spiro atoms. The van der Waals surface area contributed by atoms with Gasteiger partial charge >= 0.3 is 0 Å². The smallest absolute Gasteiger partial charge is 0.193 e. The monoisotopic (exact) mass is 342 g/mol. The quantitative estimate of drug-likeness (QED) is 0.613. The molecule has 1 aliphatic carbocycles. The number of nitrogens with two attached hydrogens (primary N) is 1. The molecule has 1 aromatic carbocycles. The highest BCUT2D eigenvalue weighted by molar-refractivity contribution is 5.92. The van der Waals surface area contributed by atoms with E-state index in [2.05, 4.69) is 47.3 Å². The number of likely N-dealkylation sites (tertiary alicyclic amines) is 1. The second-order valence-electron chi connectivity index (χ2n) is 8.16. The van der Waals surface area contributed by atoms with Crippen molar-refractivity contribution in [3.05, 3.63) is 29.3 Å². The van der Waals surface area contributed by atoms with Crippen LogP contribution in [-0.2, 0) is 12.8 Å². The topological polar surface area (TPSA) is 53.6 Å². The lowest BCUT2D eigenvalue weighted by molar-refractivity contribution is 0.180. The lowest BCUT2D eigenvalue weighted by atomic mass is 9.96. The summed E-state index contributed by atoms with van der Waals surface area (Å²) in [6, 6.07) is 6.59. The van der Waals surface area contributed by atoms with E-state index in [0.717, 1.165) is 18.2 Å². The van der Waals surface area contributed by atoms with Crippen LogP contribution in [0, 0.1) is 11.8 Å². The molecule has 1 aromatic rings. The molecule has 138 valence electrons. The van der Waals surface area contributed by atoms with Crippen LogP contribution in [0.15, 0.2) is 23.2 Å². The van der Waals surface area contributed by atoms with Crippen molar-refractivity contribution in [3.8, 4) is 0 Å². The van der Waals surface area contributed by atoms with E-state index >= 15 is 0 Å². The number of hydrogen-bond donors (Lipinski definition) is 2. The van der Waals surface area contributed by atoms with E-state index in [1.165, 1.54) is 69.3 Å². The average Bonchev–Trinajstić information content (AvgIpc) is 3.07. The van der Waals surface area contributed by atoms with E-state index in [4.69, 9.17) is 5.73 Å². The molecule has 0 radical (unpaired) electrons. The number of fused-ring (bicyclic) bond motifs is 1. The molecule has 0 bridgehead atoms. The summed E-state index contributed by atoms with van der Waals surface area (Å²) in [6.07, 6.45) is 7.48. The number of aliphatic imine (C=N–C) groups is 1. The minimum absolute atomic E-state index is 0.556. The van der Waals surface area contributed by atoms with Crippen molar-refractivity contribution < 1.29 is 0 Å². The Labute approximate surface area is 152 Å². The number of piperidine rings is 1. The fourth-order valence-electron chi connectivity index (χ4n) is 3.90. The molecule has 3 rings (SSSR count). The Morgan fingerprint density at radius 3 is 2.76 bits per heavy atom. The van der Waals surface area contributed by atoms with Crippen LogP contribution in [0.3, 0.4) is 0 Å². The van der Waals surface area contributed by atoms with Gasteiger partial charge in [-0.15, -0.1) is 0 Å². The Hall–Kier alpha value is -1.55. The molecule has 1 saturated heterocycles. The van der Waals surface area contributed by atoms with Crippen LogP contribution in [-0.4, -0.2) is 37.0 Å². The Morgan fingerprint density at radius 1 is 1.24 bits per heavy atom. The Balaban J connectivity index is 1.42. The predicted octanol–water partition coefficient (Wildman–Crippen LogP) is 3.66. The van der Waals surface area contributed by atoms with Crippen LogP contribution in [0.25, 0.3) is 0 Å². The van der Waals surface area contributed by atoms with Crippen LogP contribution < -0.4 is 11.1 Å². The third-order valence-corrected chi connectivity index (χ3v) is 5.62. The SMILES string of the molecule is CC(C)CCN1CCC(CN=C(N)Nc2ccc3c(c2)CCC3)CC1. The van der Waals surface area contributed by atoms with Gasteiger partial charge in [0.1, 0.15) is 0 Å². The molecule has 1 fully saturated rings. The van der Waals surface area contributed by atoms with Crippen LogP contribution in [0.1, 0.15) is 50.7 Å². The van der Waals surface area contributed by atoms with E-state index in [-0.39, 0.29) is 0 Å². The number of guanidine groups is 1. The van der Waals surface area contributed by atoms with Crippen LogP contribution in [0.4, 0.5) is 5.69 Å². The molecule has 0 saturated carbocycles. The maximum absolute atomic E-state index is 6.10. The lowest BCUT2D eigenvalue weighted by Crippen LogP contribution is -2.36. The van der Waals surface area contributed by atoms with Gasteiger partial charge in [0.2, 0.25) is 0 Å². The number of benzene rings is 1. The van der Waals surface area contributed by atoms with Gasteiger partial charge in [-0.3, -0.25) is 4.99 Å². The molecule has 1 aliphatic heterocycles. The van der Waals surface area contributed by atoms with Crippen LogP contribution >= 0.6 is 0 Å². The summed E-state index contributed by atoms with van der Waals surface area (Å²) in [5.41, 5.74) is 10.1. The zero-order valence-corrected chi connectivity index (χ0v) is 15.9. The van der Waals surface area contributed by atoms with Gasteiger partial charge in [0.05, 0.1) is 0 Å². The number of nitrogens with zero attached hydrogens (tertiary/aromatic N) is 2. The second kappa shape index (κ2) is 8.70. The van der Waals surface area contributed by atoms with E-state index in [1.54, 1.807) is 0 Å². The van der Waals surface area contributed by atoms with Gasteiger partial charge in [0, 0.05) is 12.2 Å². The number of anilines is 1. The van der Waals surface area contributed by atoms with Gasteiger partial charge in [-0.2, -0.15) is 0 Å². The maximum Gasteiger partial charge on any atom is 0.193 e. The van der Waals surface area contributed by atoms with Gasteiger partial charge in [-0.05, 0) is 93.3 Å². The summed E-state index contributed by atoms with van der Waals surface area (Å²) < 4.78 is 0. The average molecular weight is 343 g/mol. The summed E-state index contributed by atoms with van der Waals surface area (Å²) in [4.78, 5) is 7.20. The molecular formula is C21H34N4. The fourth-order valence-corrected chi connectivity index (χ4v) is 3.90. The van der Waals surface area contributed by atoms with Crippen molar-refractivity contribution >= 4 is 11.6 Å². The molecule has 1 heterocycles. The van der Waals surface area contributed by atoms with E-state index < -0.39 is 0 Å². The normalized spacial score (nSPS) is 19.4. The molecule has 2 aliphatic rings. The van der Waals surface area contributed by atoms with Crippen molar-refractivity contribution in [2.45, 2.75) is 52.4 Å². The molecule has 25 heavy (non-hydrogen) atoms.